The van der Waals surface area contributed by atoms with Gasteiger partial charge >= 0.3 is 0 Å². The van der Waals surface area contributed by atoms with Crippen molar-refractivity contribution < 1.29 is 0 Å². The number of fused-ring (bicyclic) bond motifs is 1. The van der Waals surface area contributed by atoms with Gasteiger partial charge in [0.25, 0.3) is 0 Å². The van der Waals surface area contributed by atoms with E-state index >= 15 is 0 Å². The Labute approximate surface area is 103 Å². The molecular formula is C17H18. The van der Waals surface area contributed by atoms with Gasteiger partial charge in [0.1, 0.15) is 0 Å². The fourth-order valence-corrected chi connectivity index (χ4v) is 1.97. The first-order chi connectivity index (χ1) is 8.35. The van der Waals surface area contributed by atoms with Gasteiger partial charge in [-0.25, -0.2) is 0 Å². The molecule has 0 aromatic heterocycles. The second kappa shape index (κ2) is 5.49. The van der Waals surface area contributed by atoms with Crippen molar-refractivity contribution in [1.82, 2.24) is 0 Å². The van der Waals surface area contributed by atoms with Crippen LogP contribution in [-0.2, 0) is 0 Å². The molecule has 0 aliphatic heterocycles. The fraction of sp³-hybridized carbons (Fsp3) is 0.176. The van der Waals surface area contributed by atoms with Gasteiger partial charge in [-0.05, 0) is 41.3 Å². The van der Waals surface area contributed by atoms with E-state index < -0.39 is 0 Å². The molecule has 0 radical (unpaired) electrons. The number of benzene rings is 2. The van der Waals surface area contributed by atoms with Crippen molar-refractivity contribution in [3.63, 3.8) is 0 Å². The first-order valence-corrected chi connectivity index (χ1v) is 6.17. The smallest absolute Gasteiger partial charge is 0.0178 e. The van der Waals surface area contributed by atoms with Crippen LogP contribution in [0, 0.1) is 0 Å². The number of allylic oxidation sites excluding steroid dienone is 4. The molecule has 0 bridgehead atoms. The van der Waals surface area contributed by atoms with E-state index in [1.807, 2.05) is 0 Å². The molecule has 0 aliphatic carbocycles. The van der Waals surface area contributed by atoms with E-state index in [0.29, 0.717) is 0 Å². The molecule has 0 N–H and O–H groups in total. The highest BCUT2D eigenvalue weighted by Crippen LogP contribution is 2.22. The summed E-state index contributed by atoms with van der Waals surface area (Å²) in [5.74, 6) is 0. The van der Waals surface area contributed by atoms with Gasteiger partial charge in [-0.2, -0.15) is 0 Å². The lowest BCUT2D eigenvalue weighted by atomic mass is 10.0. The maximum atomic E-state index is 2.25. The molecule has 0 heterocycles. The van der Waals surface area contributed by atoms with Gasteiger partial charge in [0.2, 0.25) is 0 Å². The Hall–Kier alpha value is -1.82. The Morgan fingerprint density at radius 2 is 1.82 bits per heavy atom. The topological polar surface area (TPSA) is 0 Å². The van der Waals surface area contributed by atoms with Gasteiger partial charge in [0.15, 0.2) is 0 Å². The molecule has 0 fully saturated rings. The Morgan fingerprint density at radius 1 is 1.06 bits per heavy atom. The minimum absolute atomic E-state index is 1.07. The molecule has 0 spiro atoms. The zero-order valence-corrected chi connectivity index (χ0v) is 10.5. The molecule has 2 aromatic carbocycles. The molecule has 0 unspecified atom stereocenters. The van der Waals surface area contributed by atoms with Crippen LogP contribution in [0.5, 0.6) is 0 Å². The Bertz CT molecular complexity index is 559. The van der Waals surface area contributed by atoms with Crippen molar-refractivity contribution >= 4 is 16.3 Å². The molecule has 0 saturated carbocycles. The SMILES string of the molecule is C/C=C(\C=C/CC)c1ccc2ccccc2c1. The third kappa shape index (κ3) is 2.65. The van der Waals surface area contributed by atoms with Gasteiger partial charge < -0.3 is 0 Å². The number of rotatable bonds is 3. The van der Waals surface area contributed by atoms with E-state index in [-0.39, 0.29) is 0 Å². The third-order valence-corrected chi connectivity index (χ3v) is 2.93. The van der Waals surface area contributed by atoms with Crippen LogP contribution in [0.3, 0.4) is 0 Å². The number of hydrogen-bond donors (Lipinski definition) is 0. The molecule has 0 atom stereocenters. The van der Waals surface area contributed by atoms with Gasteiger partial charge in [0, 0.05) is 0 Å². The van der Waals surface area contributed by atoms with E-state index in [2.05, 4.69) is 74.5 Å². The average molecular weight is 222 g/mol. The summed E-state index contributed by atoms with van der Waals surface area (Å²) in [7, 11) is 0. The van der Waals surface area contributed by atoms with E-state index in [0.717, 1.165) is 6.42 Å². The third-order valence-electron chi connectivity index (χ3n) is 2.93. The van der Waals surface area contributed by atoms with Crippen molar-refractivity contribution in [2.75, 3.05) is 0 Å². The first kappa shape index (κ1) is 11.7. The Balaban J connectivity index is 2.45. The van der Waals surface area contributed by atoms with Gasteiger partial charge in [0.05, 0.1) is 0 Å². The predicted octanol–water partition coefficient (Wildman–Crippen LogP) is 5.21. The van der Waals surface area contributed by atoms with Crippen LogP contribution < -0.4 is 0 Å². The minimum atomic E-state index is 1.07. The predicted molar refractivity (Wildman–Crippen MR) is 77.0 cm³/mol. The van der Waals surface area contributed by atoms with Crippen LogP contribution in [-0.4, -0.2) is 0 Å². The van der Waals surface area contributed by atoms with Gasteiger partial charge in [-0.3, -0.25) is 0 Å². The quantitative estimate of drug-likeness (QED) is 0.625. The maximum absolute atomic E-state index is 2.25. The summed E-state index contributed by atoms with van der Waals surface area (Å²) in [5.41, 5.74) is 2.58. The summed E-state index contributed by atoms with van der Waals surface area (Å²) < 4.78 is 0. The summed E-state index contributed by atoms with van der Waals surface area (Å²) in [5, 5.41) is 2.60. The van der Waals surface area contributed by atoms with E-state index in [4.69, 9.17) is 0 Å². The van der Waals surface area contributed by atoms with Crippen molar-refractivity contribution in [2.24, 2.45) is 0 Å². The highest BCUT2D eigenvalue weighted by atomic mass is 14.0. The van der Waals surface area contributed by atoms with E-state index in [1.165, 1.54) is 21.9 Å². The summed E-state index contributed by atoms with van der Waals surface area (Å²) in [6, 6.07) is 15.1. The zero-order chi connectivity index (χ0) is 12.1. The van der Waals surface area contributed by atoms with E-state index in [9.17, 15) is 0 Å². The Kier molecular flexibility index (Phi) is 3.77. The lowest BCUT2D eigenvalue weighted by Gasteiger charge is -2.04. The summed E-state index contributed by atoms with van der Waals surface area (Å²) >= 11 is 0. The summed E-state index contributed by atoms with van der Waals surface area (Å²) in [6.07, 6.45) is 7.63. The van der Waals surface area contributed by atoms with Crippen LogP contribution >= 0.6 is 0 Å². The second-order valence-corrected chi connectivity index (χ2v) is 4.12. The molecule has 0 nitrogen and oxygen atoms in total. The van der Waals surface area contributed by atoms with Gasteiger partial charge in [-0.1, -0.05) is 61.5 Å². The van der Waals surface area contributed by atoms with Crippen molar-refractivity contribution in [2.45, 2.75) is 20.3 Å². The first-order valence-electron chi connectivity index (χ1n) is 6.17. The monoisotopic (exact) mass is 222 g/mol. The molecule has 0 aliphatic rings. The van der Waals surface area contributed by atoms with Gasteiger partial charge in [-0.15, -0.1) is 0 Å². The molecule has 0 amide bonds. The van der Waals surface area contributed by atoms with Crippen molar-refractivity contribution in [3.05, 3.63) is 66.3 Å². The number of hydrogen-bond acceptors (Lipinski definition) is 0. The molecular weight excluding hydrogens is 204 g/mol. The highest BCUT2D eigenvalue weighted by molar-refractivity contribution is 5.87. The van der Waals surface area contributed by atoms with Crippen molar-refractivity contribution in [1.29, 1.82) is 0 Å². The maximum Gasteiger partial charge on any atom is -0.0178 e. The molecule has 0 heteroatoms. The van der Waals surface area contributed by atoms with Crippen LogP contribution in [0.1, 0.15) is 25.8 Å². The molecule has 17 heavy (non-hydrogen) atoms. The van der Waals surface area contributed by atoms with Crippen LogP contribution in [0.25, 0.3) is 16.3 Å². The normalized spacial score (nSPS) is 12.5. The van der Waals surface area contributed by atoms with Crippen LogP contribution in [0.4, 0.5) is 0 Å². The molecule has 86 valence electrons. The minimum Gasteiger partial charge on any atom is -0.0842 e. The highest BCUT2D eigenvalue weighted by Gasteiger charge is 1.98. The lowest BCUT2D eigenvalue weighted by Crippen LogP contribution is -1.81. The molecule has 2 aromatic rings. The Morgan fingerprint density at radius 3 is 2.53 bits per heavy atom. The molecule has 0 saturated heterocycles. The molecule has 2 rings (SSSR count). The standard InChI is InChI=1S/C17H18/c1-3-5-8-14(4-2)17-12-11-15-9-6-7-10-16(15)13-17/h4-13H,3H2,1-2H3/b8-5-,14-4+. The van der Waals surface area contributed by atoms with Crippen LogP contribution in [0.2, 0.25) is 0 Å². The van der Waals surface area contributed by atoms with E-state index in [1.54, 1.807) is 0 Å². The fourth-order valence-electron chi connectivity index (χ4n) is 1.97. The summed E-state index contributed by atoms with van der Waals surface area (Å²) in [4.78, 5) is 0. The summed E-state index contributed by atoms with van der Waals surface area (Å²) in [6.45, 7) is 4.24. The zero-order valence-electron chi connectivity index (χ0n) is 10.5. The second-order valence-electron chi connectivity index (χ2n) is 4.12. The average Bonchev–Trinajstić information content (AvgIpc) is 2.39. The van der Waals surface area contributed by atoms with Crippen LogP contribution in [0.15, 0.2) is 60.7 Å². The largest absolute Gasteiger partial charge is 0.0842 e. The lowest BCUT2D eigenvalue weighted by molar-refractivity contribution is 1.22. The van der Waals surface area contributed by atoms with Crippen molar-refractivity contribution in [3.8, 4) is 0 Å².